The summed E-state index contributed by atoms with van der Waals surface area (Å²) >= 11 is 6.40. The minimum Gasteiger partial charge on any atom is -0.497 e. The highest BCUT2D eigenvalue weighted by Crippen LogP contribution is 2.36. The van der Waals surface area contributed by atoms with Gasteiger partial charge in [-0.05, 0) is 59.2 Å². The first kappa shape index (κ1) is 21.9. The summed E-state index contributed by atoms with van der Waals surface area (Å²) in [6.45, 7) is 0.567. The molecule has 0 aliphatic rings. The third-order valence-corrected chi connectivity index (χ3v) is 6.43. The van der Waals surface area contributed by atoms with E-state index in [1.165, 1.54) is 0 Å². The Morgan fingerprint density at radius 1 is 0.882 bits per heavy atom. The normalized spacial score (nSPS) is 11.1. The van der Waals surface area contributed by atoms with Gasteiger partial charge in [-0.15, -0.1) is 0 Å². The summed E-state index contributed by atoms with van der Waals surface area (Å²) in [6.07, 6.45) is 0. The van der Waals surface area contributed by atoms with Crippen molar-refractivity contribution < 1.29 is 14.3 Å². The predicted molar refractivity (Wildman–Crippen MR) is 137 cm³/mol. The van der Waals surface area contributed by atoms with Crippen molar-refractivity contribution in [1.82, 2.24) is 4.57 Å². The fraction of sp³-hybridized carbons (Fsp3) is 0.107. The molecule has 4 aromatic carbocycles. The van der Waals surface area contributed by atoms with Crippen molar-refractivity contribution in [2.24, 2.45) is 5.73 Å². The molecule has 1 aromatic heterocycles. The summed E-state index contributed by atoms with van der Waals surface area (Å²) in [4.78, 5) is 12.3. The van der Waals surface area contributed by atoms with E-state index in [2.05, 4.69) is 22.8 Å². The zero-order valence-electron chi connectivity index (χ0n) is 18.8. The Kier molecular flexibility index (Phi) is 5.64. The molecule has 5 nitrogen and oxygen atoms in total. The van der Waals surface area contributed by atoms with Crippen LogP contribution in [0.4, 0.5) is 0 Å². The number of nitrogens with zero attached hydrogens (tertiary/aromatic N) is 1. The topological polar surface area (TPSA) is 66.5 Å². The smallest absolute Gasteiger partial charge is 0.249 e. The number of nitrogens with two attached hydrogens (primary N) is 1. The molecule has 0 aliphatic carbocycles. The van der Waals surface area contributed by atoms with Crippen LogP contribution in [0.5, 0.6) is 11.5 Å². The number of amides is 1. The monoisotopic (exact) mass is 470 g/mol. The molecule has 170 valence electrons. The average Bonchev–Trinajstić information content (AvgIpc) is 3.17. The SMILES string of the molecule is COc1ccc(-c2ccc3c4c(C(N)=O)cccc4n(Cc4ccc(OC)c(Cl)c4)c3c2)cc1. The fourth-order valence-corrected chi connectivity index (χ4v) is 4.75. The molecule has 1 amide bonds. The lowest BCUT2D eigenvalue weighted by Crippen LogP contribution is -2.11. The Labute approximate surface area is 202 Å². The van der Waals surface area contributed by atoms with Crippen LogP contribution in [0.1, 0.15) is 15.9 Å². The highest BCUT2D eigenvalue weighted by molar-refractivity contribution is 6.32. The molecule has 0 radical (unpaired) electrons. The highest BCUT2D eigenvalue weighted by atomic mass is 35.5. The number of primary amides is 1. The van der Waals surface area contributed by atoms with E-state index in [9.17, 15) is 4.79 Å². The maximum absolute atomic E-state index is 12.3. The van der Waals surface area contributed by atoms with Crippen molar-refractivity contribution in [2.45, 2.75) is 6.54 Å². The number of hydrogen-bond donors (Lipinski definition) is 1. The molecule has 0 saturated carbocycles. The summed E-state index contributed by atoms with van der Waals surface area (Å²) in [5.74, 6) is 0.989. The summed E-state index contributed by atoms with van der Waals surface area (Å²) in [6, 6.07) is 25.6. The van der Waals surface area contributed by atoms with Crippen LogP contribution in [-0.4, -0.2) is 24.7 Å². The van der Waals surface area contributed by atoms with Gasteiger partial charge in [0.1, 0.15) is 11.5 Å². The van der Waals surface area contributed by atoms with Crippen LogP contribution in [0.25, 0.3) is 32.9 Å². The number of methoxy groups -OCH3 is 2. The third kappa shape index (κ3) is 3.74. The molecule has 0 bridgehead atoms. The Morgan fingerprint density at radius 3 is 2.32 bits per heavy atom. The number of halogens is 1. The molecule has 0 atom stereocenters. The number of rotatable bonds is 6. The maximum atomic E-state index is 12.3. The Hall–Kier alpha value is -3.96. The highest BCUT2D eigenvalue weighted by Gasteiger charge is 2.17. The van der Waals surface area contributed by atoms with Gasteiger partial charge in [0.15, 0.2) is 0 Å². The minimum atomic E-state index is -0.448. The second kappa shape index (κ2) is 8.76. The van der Waals surface area contributed by atoms with E-state index in [0.717, 1.165) is 44.2 Å². The van der Waals surface area contributed by atoms with Gasteiger partial charge < -0.3 is 19.8 Å². The fourth-order valence-electron chi connectivity index (χ4n) is 4.47. The van der Waals surface area contributed by atoms with E-state index >= 15 is 0 Å². The summed E-state index contributed by atoms with van der Waals surface area (Å²) in [5.41, 5.74) is 11.3. The quantitative estimate of drug-likeness (QED) is 0.317. The van der Waals surface area contributed by atoms with Gasteiger partial charge >= 0.3 is 0 Å². The van der Waals surface area contributed by atoms with Crippen molar-refractivity contribution in [1.29, 1.82) is 0 Å². The molecule has 0 saturated heterocycles. The number of ether oxygens (including phenoxy) is 2. The van der Waals surface area contributed by atoms with Gasteiger partial charge in [0, 0.05) is 22.9 Å². The van der Waals surface area contributed by atoms with Crippen molar-refractivity contribution in [2.75, 3.05) is 14.2 Å². The summed E-state index contributed by atoms with van der Waals surface area (Å²) < 4.78 is 12.8. The van der Waals surface area contributed by atoms with Crippen LogP contribution in [0.15, 0.2) is 78.9 Å². The van der Waals surface area contributed by atoms with E-state index in [1.807, 2.05) is 54.6 Å². The van der Waals surface area contributed by atoms with Crippen molar-refractivity contribution in [3.8, 4) is 22.6 Å². The van der Waals surface area contributed by atoms with E-state index in [0.29, 0.717) is 22.9 Å². The zero-order valence-corrected chi connectivity index (χ0v) is 19.6. The molecular formula is C28H23ClN2O3. The molecule has 0 spiro atoms. The van der Waals surface area contributed by atoms with Gasteiger partial charge in [-0.25, -0.2) is 0 Å². The summed E-state index contributed by atoms with van der Waals surface area (Å²) in [5, 5.41) is 2.38. The number of hydrogen-bond acceptors (Lipinski definition) is 3. The van der Waals surface area contributed by atoms with Gasteiger partial charge in [-0.1, -0.05) is 48.0 Å². The van der Waals surface area contributed by atoms with Gasteiger partial charge in [-0.2, -0.15) is 0 Å². The summed E-state index contributed by atoms with van der Waals surface area (Å²) in [7, 11) is 3.25. The lowest BCUT2D eigenvalue weighted by atomic mass is 10.0. The van der Waals surface area contributed by atoms with Crippen molar-refractivity contribution >= 4 is 39.3 Å². The van der Waals surface area contributed by atoms with E-state index < -0.39 is 5.91 Å². The van der Waals surface area contributed by atoms with Crippen LogP contribution >= 0.6 is 11.6 Å². The van der Waals surface area contributed by atoms with E-state index in [4.69, 9.17) is 26.8 Å². The number of fused-ring (bicyclic) bond motifs is 3. The number of carbonyl (C=O) groups excluding carboxylic acids is 1. The second-order valence-electron chi connectivity index (χ2n) is 8.08. The first-order valence-corrected chi connectivity index (χ1v) is 11.2. The van der Waals surface area contributed by atoms with Gasteiger partial charge in [0.05, 0.1) is 30.3 Å². The lowest BCUT2D eigenvalue weighted by molar-refractivity contribution is 0.100. The zero-order chi connectivity index (χ0) is 23.8. The standard InChI is InChI=1S/C28H23ClN2O3/c1-33-20-10-7-18(8-11-20)19-9-12-21-25(15-19)31(16-17-6-13-26(34-2)23(29)14-17)24-5-3-4-22(27(21)24)28(30)32/h3-15H,16H2,1-2H3,(H2,30,32). The molecule has 2 N–H and O–H groups in total. The largest absolute Gasteiger partial charge is 0.497 e. The molecule has 1 heterocycles. The first-order chi connectivity index (χ1) is 16.5. The molecule has 0 aliphatic heterocycles. The number of carbonyl (C=O) groups is 1. The molecule has 0 fully saturated rings. The average molecular weight is 471 g/mol. The van der Waals surface area contributed by atoms with E-state index in [1.54, 1.807) is 20.3 Å². The van der Waals surface area contributed by atoms with Crippen LogP contribution in [-0.2, 0) is 6.54 Å². The first-order valence-electron chi connectivity index (χ1n) is 10.8. The van der Waals surface area contributed by atoms with Gasteiger partial charge in [0.25, 0.3) is 0 Å². The molecule has 5 rings (SSSR count). The molecule has 34 heavy (non-hydrogen) atoms. The molecule has 6 heteroatoms. The third-order valence-electron chi connectivity index (χ3n) is 6.14. The van der Waals surface area contributed by atoms with Gasteiger partial charge in [0.2, 0.25) is 5.91 Å². The minimum absolute atomic E-state index is 0.448. The van der Waals surface area contributed by atoms with E-state index in [-0.39, 0.29) is 0 Å². The molecular weight excluding hydrogens is 448 g/mol. The van der Waals surface area contributed by atoms with Crippen LogP contribution in [0.3, 0.4) is 0 Å². The van der Waals surface area contributed by atoms with Crippen LogP contribution in [0.2, 0.25) is 5.02 Å². The second-order valence-corrected chi connectivity index (χ2v) is 8.49. The Balaban J connectivity index is 1.73. The van der Waals surface area contributed by atoms with Crippen LogP contribution in [0, 0.1) is 0 Å². The maximum Gasteiger partial charge on any atom is 0.249 e. The van der Waals surface area contributed by atoms with Crippen molar-refractivity contribution in [3.05, 3.63) is 95.0 Å². The predicted octanol–water partition coefficient (Wildman–Crippen LogP) is 6.28. The molecule has 5 aromatic rings. The lowest BCUT2D eigenvalue weighted by Gasteiger charge is -2.11. The van der Waals surface area contributed by atoms with Gasteiger partial charge in [-0.3, -0.25) is 4.79 Å². The number of benzene rings is 4. The van der Waals surface area contributed by atoms with Crippen molar-refractivity contribution in [3.63, 3.8) is 0 Å². The Bertz CT molecular complexity index is 1540. The van der Waals surface area contributed by atoms with Crippen LogP contribution < -0.4 is 15.2 Å². The molecule has 0 unspecified atom stereocenters. The Morgan fingerprint density at radius 2 is 1.65 bits per heavy atom. The number of aromatic nitrogens is 1.